The zero-order valence-electron chi connectivity index (χ0n) is 11.9. The summed E-state index contributed by atoms with van der Waals surface area (Å²) in [6, 6.07) is 0.598. The number of fused-ring (bicyclic) bond motifs is 1. The van der Waals surface area contributed by atoms with E-state index in [-0.39, 0.29) is 11.0 Å². The first-order valence-corrected chi connectivity index (χ1v) is 6.92. The van der Waals surface area contributed by atoms with Crippen molar-refractivity contribution < 1.29 is 37.6 Å². The van der Waals surface area contributed by atoms with Crippen LogP contribution in [-0.2, 0) is 4.74 Å². The average molecular weight is 351 g/mol. The molecule has 3 N–H and O–H groups in total. The van der Waals surface area contributed by atoms with Gasteiger partial charge in [0.15, 0.2) is 11.9 Å². The normalized spacial score (nSPS) is 27.7. The topological polar surface area (TPSA) is 101 Å². The van der Waals surface area contributed by atoms with Crippen LogP contribution in [0.4, 0.5) is 17.6 Å². The van der Waals surface area contributed by atoms with Gasteiger partial charge in [-0.3, -0.25) is 0 Å². The molecule has 7 nitrogen and oxygen atoms in total. The molecule has 0 amide bonds. The quantitative estimate of drug-likeness (QED) is 0.708. The van der Waals surface area contributed by atoms with Crippen molar-refractivity contribution in [3.05, 3.63) is 23.5 Å². The molecule has 0 radical (unpaired) electrons. The number of aromatic nitrogens is 3. The van der Waals surface area contributed by atoms with Crippen LogP contribution in [0, 0.1) is 0 Å². The van der Waals surface area contributed by atoms with Crippen LogP contribution in [0.5, 0.6) is 0 Å². The summed E-state index contributed by atoms with van der Waals surface area (Å²) in [5.74, 6) is 0. The van der Waals surface area contributed by atoms with Crippen LogP contribution < -0.4 is 0 Å². The number of rotatable bonds is 4. The maximum atomic E-state index is 13.1. The predicted octanol–water partition coefficient (Wildman–Crippen LogP) is 0.918. The fourth-order valence-corrected chi connectivity index (χ4v) is 2.62. The van der Waals surface area contributed by atoms with Gasteiger partial charge in [-0.2, -0.15) is 5.10 Å². The smallest absolute Gasteiger partial charge is 0.280 e. The molecule has 2 aromatic heterocycles. The second-order valence-corrected chi connectivity index (χ2v) is 5.29. The largest absolute Gasteiger partial charge is 0.394 e. The van der Waals surface area contributed by atoms with Crippen molar-refractivity contribution in [2.45, 2.75) is 37.4 Å². The van der Waals surface area contributed by atoms with Gasteiger partial charge in [-0.25, -0.2) is 27.2 Å². The molecule has 1 aliphatic heterocycles. The highest BCUT2D eigenvalue weighted by Crippen LogP contribution is 2.35. The van der Waals surface area contributed by atoms with Crippen LogP contribution in [0.15, 0.2) is 12.3 Å². The third kappa shape index (κ3) is 2.62. The zero-order valence-corrected chi connectivity index (χ0v) is 11.9. The Balaban J connectivity index is 2.13. The first-order valence-electron chi connectivity index (χ1n) is 6.92. The minimum atomic E-state index is -3.08. The van der Waals surface area contributed by atoms with Crippen molar-refractivity contribution in [2.24, 2.45) is 0 Å². The summed E-state index contributed by atoms with van der Waals surface area (Å²) in [6.45, 7) is -0.605. The molecule has 0 saturated carbocycles. The first kappa shape index (κ1) is 17.0. The molecule has 1 saturated heterocycles. The van der Waals surface area contributed by atoms with Crippen LogP contribution in [0.1, 0.15) is 30.3 Å². The predicted molar refractivity (Wildman–Crippen MR) is 70.5 cm³/mol. The molecule has 24 heavy (non-hydrogen) atoms. The van der Waals surface area contributed by atoms with Gasteiger partial charge in [0.25, 0.3) is 12.9 Å². The van der Waals surface area contributed by atoms with Gasteiger partial charge in [0.2, 0.25) is 0 Å². The molecule has 4 atom stereocenters. The number of alkyl halides is 4. The van der Waals surface area contributed by atoms with Crippen LogP contribution in [0.2, 0.25) is 0 Å². The van der Waals surface area contributed by atoms with Gasteiger partial charge >= 0.3 is 0 Å². The molecule has 3 rings (SSSR count). The number of hydrogen-bond acceptors (Lipinski definition) is 6. The molecule has 0 unspecified atom stereocenters. The van der Waals surface area contributed by atoms with Gasteiger partial charge in [0.05, 0.1) is 12.8 Å². The molecule has 0 spiro atoms. The van der Waals surface area contributed by atoms with Crippen LogP contribution in [-0.4, -0.2) is 55.0 Å². The molecule has 0 aliphatic carbocycles. The van der Waals surface area contributed by atoms with Gasteiger partial charge in [-0.15, -0.1) is 0 Å². The number of hydrogen-bond donors (Lipinski definition) is 3. The lowest BCUT2D eigenvalue weighted by Crippen LogP contribution is -2.33. The van der Waals surface area contributed by atoms with Crippen molar-refractivity contribution in [1.82, 2.24) is 14.8 Å². The van der Waals surface area contributed by atoms with Gasteiger partial charge < -0.3 is 20.1 Å². The van der Waals surface area contributed by atoms with E-state index in [1.165, 1.54) is 0 Å². The third-order valence-corrected chi connectivity index (χ3v) is 3.84. The van der Waals surface area contributed by atoms with E-state index < -0.39 is 55.3 Å². The Morgan fingerprint density at radius 1 is 1.17 bits per heavy atom. The van der Waals surface area contributed by atoms with Crippen LogP contribution in [0.25, 0.3) is 11.0 Å². The molecule has 3 heterocycles. The van der Waals surface area contributed by atoms with Crippen molar-refractivity contribution in [2.75, 3.05) is 6.61 Å². The van der Waals surface area contributed by atoms with Gasteiger partial charge in [0.1, 0.15) is 24.0 Å². The lowest BCUT2D eigenvalue weighted by atomic mass is 10.1. The summed E-state index contributed by atoms with van der Waals surface area (Å²) in [4.78, 5) is 3.61. The van der Waals surface area contributed by atoms with E-state index in [1.54, 1.807) is 0 Å². The number of halogens is 4. The maximum absolute atomic E-state index is 13.1. The fraction of sp³-hybridized carbons (Fsp3) is 0.538. The molecule has 0 aromatic carbocycles. The minimum Gasteiger partial charge on any atom is -0.394 e. The van der Waals surface area contributed by atoms with E-state index in [0.29, 0.717) is 6.07 Å². The summed E-state index contributed by atoms with van der Waals surface area (Å²) < 4.78 is 58.1. The van der Waals surface area contributed by atoms with Crippen LogP contribution >= 0.6 is 0 Å². The molecular weight excluding hydrogens is 338 g/mol. The minimum absolute atomic E-state index is 0.174. The highest BCUT2D eigenvalue weighted by molar-refractivity contribution is 5.79. The number of aliphatic hydroxyl groups excluding tert-OH is 3. The Kier molecular flexibility index (Phi) is 4.42. The third-order valence-electron chi connectivity index (χ3n) is 3.84. The highest BCUT2D eigenvalue weighted by Gasteiger charge is 2.44. The van der Waals surface area contributed by atoms with E-state index in [1.807, 2.05) is 0 Å². The molecule has 11 heteroatoms. The summed E-state index contributed by atoms with van der Waals surface area (Å²) >= 11 is 0. The van der Waals surface area contributed by atoms with Crippen molar-refractivity contribution in [1.29, 1.82) is 0 Å². The lowest BCUT2D eigenvalue weighted by Gasteiger charge is -2.16. The Morgan fingerprint density at radius 2 is 1.88 bits per heavy atom. The Hall–Kier alpha value is -1.82. The Morgan fingerprint density at radius 3 is 2.42 bits per heavy atom. The lowest BCUT2D eigenvalue weighted by molar-refractivity contribution is -0.0566. The maximum Gasteiger partial charge on any atom is 0.280 e. The first-order chi connectivity index (χ1) is 11.3. The molecule has 0 bridgehead atoms. The number of pyridine rings is 1. The van der Waals surface area contributed by atoms with E-state index in [2.05, 4.69) is 10.1 Å². The molecule has 1 aliphatic rings. The van der Waals surface area contributed by atoms with E-state index in [0.717, 1.165) is 10.9 Å². The van der Waals surface area contributed by atoms with Gasteiger partial charge in [0, 0.05) is 10.9 Å². The van der Waals surface area contributed by atoms with E-state index >= 15 is 0 Å². The van der Waals surface area contributed by atoms with E-state index in [9.17, 15) is 27.8 Å². The van der Waals surface area contributed by atoms with Crippen molar-refractivity contribution in [3.63, 3.8) is 0 Å². The Bertz CT molecular complexity index is 741. The number of aliphatic hydroxyl groups is 3. The van der Waals surface area contributed by atoms with Crippen molar-refractivity contribution >= 4 is 11.0 Å². The van der Waals surface area contributed by atoms with Gasteiger partial charge in [-0.05, 0) is 6.07 Å². The Labute approximate surface area is 132 Å². The number of nitrogens with zero attached hydrogens (tertiary/aromatic N) is 3. The molecular formula is C13H13F4N3O4. The summed E-state index contributed by atoms with van der Waals surface area (Å²) in [5, 5.41) is 32.4. The average Bonchev–Trinajstić information content (AvgIpc) is 3.08. The second kappa shape index (κ2) is 6.24. The SMILES string of the molecule is OC[C@H]1O[C@@H](n2ncc3c(C(F)F)cc(C(F)F)nc32)[C@H](O)[C@@H]1O. The molecule has 1 fully saturated rings. The molecule has 2 aromatic rings. The van der Waals surface area contributed by atoms with Gasteiger partial charge in [-0.1, -0.05) is 0 Å². The van der Waals surface area contributed by atoms with Crippen molar-refractivity contribution in [3.8, 4) is 0 Å². The number of ether oxygens (including phenoxy) is 1. The standard InChI is InChI=1S/C13H13F4N3O4/c14-10(15)4-1-6(11(16)17)19-12-5(4)2-18-20(12)13-9(23)8(22)7(3-21)24-13/h1-2,7-11,13,21-23H,3H2/t7-,8-,9-,13-/m1/s1. The monoisotopic (exact) mass is 351 g/mol. The molecule has 132 valence electrons. The highest BCUT2D eigenvalue weighted by atomic mass is 19.3. The second-order valence-electron chi connectivity index (χ2n) is 5.29. The fourth-order valence-electron chi connectivity index (χ4n) is 2.62. The zero-order chi connectivity index (χ0) is 17.6. The summed E-state index contributed by atoms with van der Waals surface area (Å²) in [6.07, 6.45) is -10.6. The van der Waals surface area contributed by atoms with Crippen LogP contribution in [0.3, 0.4) is 0 Å². The van der Waals surface area contributed by atoms with E-state index in [4.69, 9.17) is 9.84 Å². The summed E-state index contributed by atoms with van der Waals surface area (Å²) in [7, 11) is 0. The summed E-state index contributed by atoms with van der Waals surface area (Å²) in [5.41, 5.74) is -1.88.